The van der Waals surface area contributed by atoms with E-state index in [1.807, 2.05) is 0 Å². The van der Waals surface area contributed by atoms with Gasteiger partial charge in [0.15, 0.2) is 29.0 Å². The molecule has 1 N–H and O–H groups in total. The topological polar surface area (TPSA) is 93.1 Å². The third-order valence-corrected chi connectivity index (χ3v) is 4.14. The van der Waals surface area contributed by atoms with Crippen molar-refractivity contribution in [2.45, 2.75) is 6.10 Å². The molecule has 0 bridgehead atoms. The minimum Gasteiger partial charge on any atom is -0.487 e. The van der Waals surface area contributed by atoms with Gasteiger partial charge in [0.2, 0.25) is 0 Å². The van der Waals surface area contributed by atoms with Gasteiger partial charge < -0.3 is 15.0 Å². The second-order valence-electron chi connectivity index (χ2n) is 6.16. The molecule has 0 radical (unpaired) electrons. The summed E-state index contributed by atoms with van der Waals surface area (Å²) < 4.78 is 45.1. The highest BCUT2D eigenvalue weighted by molar-refractivity contribution is 6.06. The van der Waals surface area contributed by atoms with Crippen LogP contribution in [-0.2, 0) is 0 Å². The van der Waals surface area contributed by atoms with Gasteiger partial charge in [-0.1, -0.05) is 0 Å². The molecule has 2 aromatic heterocycles. The summed E-state index contributed by atoms with van der Waals surface area (Å²) in [5, 5.41) is 9.96. The first-order valence-corrected chi connectivity index (χ1v) is 8.46. The van der Waals surface area contributed by atoms with Crippen molar-refractivity contribution in [3.05, 3.63) is 66.1 Å². The first-order chi connectivity index (χ1) is 14.0. The van der Waals surface area contributed by atoms with Crippen molar-refractivity contribution >= 4 is 17.4 Å². The van der Waals surface area contributed by atoms with Crippen molar-refractivity contribution in [1.82, 2.24) is 20.2 Å². The average molecular weight is 402 g/mol. The number of nitrogens with one attached hydrogen (secondary N) is 1. The molecule has 1 aliphatic heterocycles. The van der Waals surface area contributed by atoms with Crippen molar-refractivity contribution in [2.75, 3.05) is 23.3 Å². The Hall–Kier alpha value is -3.76. The molecule has 3 aromatic rings. The maximum absolute atomic E-state index is 13.3. The Kier molecular flexibility index (Phi) is 4.94. The summed E-state index contributed by atoms with van der Waals surface area (Å²) in [5.74, 6) is -4.46. The van der Waals surface area contributed by atoms with Crippen LogP contribution in [0.25, 0.3) is 0 Å². The van der Waals surface area contributed by atoms with Gasteiger partial charge in [-0.15, -0.1) is 0 Å². The number of rotatable bonds is 5. The standard InChI is InChI=1S/C18H13F3N6O2/c19-13-5-11(6-14(20)15(13)21)29-12-8-27(9-12)17-16(22-3-4-23-17)18(28)26-10-1-2-24-25-7-10/h1-7,12H,8-9H2,(H,24,26,28). The molecule has 3 heterocycles. The number of aromatic nitrogens is 4. The lowest BCUT2D eigenvalue weighted by Crippen LogP contribution is -2.54. The lowest BCUT2D eigenvalue weighted by Gasteiger charge is -2.40. The van der Waals surface area contributed by atoms with E-state index in [1.165, 1.54) is 24.8 Å². The highest BCUT2D eigenvalue weighted by atomic mass is 19.2. The summed E-state index contributed by atoms with van der Waals surface area (Å²) in [6.45, 7) is 0.604. The van der Waals surface area contributed by atoms with E-state index in [1.54, 1.807) is 11.0 Å². The number of amides is 1. The number of carbonyl (C=O) groups excluding carboxylic acids is 1. The zero-order valence-corrected chi connectivity index (χ0v) is 14.7. The normalized spacial score (nSPS) is 13.7. The SMILES string of the molecule is O=C(Nc1ccnnc1)c1nccnc1N1CC(Oc2cc(F)c(F)c(F)c2)C1. The van der Waals surface area contributed by atoms with Crippen LogP contribution in [0.3, 0.4) is 0 Å². The summed E-state index contributed by atoms with van der Waals surface area (Å²) in [6, 6.07) is 3.14. The van der Waals surface area contributed by atoms with Gasteiger partial charge in [0, 0.05) is 24.5 Å². The fourth-order valence-electron chi connectivity index (χ4n) is 2.76. The van der Waals surface area contributed by atoms with Gasteiger partial charge in [-0.05, 0) is 6.07 Å². The van der Waals surface area contributed by atoms with E-state index < -0.39 is 29.5 Å². The Labute approximate surface area is 162 Å². The summed E-state index contributed by atoms with van der Waals surface area (Å²) in [6.07, 6.45) is 5.25. The van der Waals surface area contributed by atoms with Gasteiger partial charge in [0.1, 0.15) is 11.9 Å². The summed E-state index contributed by atoms with van der Waals surface area (Å²) >= 11 is 0. The van der Waals surface area contributed by atoms with Gasteiger partial charge in [-0.3, -0.25) is 4.79 Å². The number of nitrogens with zero attached hydrogens (tertiary/aromatic N) is 5. The molecule has 11 heteroatoms. The Morgan fingerprint density at radius 2 is 1.79 bits per heavy atom. The first-order valence-electron chi connectivity index (χ1n) is 8.46. The van der Waals surface area contributed by atoms with Crippen LogP contribution in [0.5, 0.6) is 5.75 Å². The van der Waals surface area contributed by atoms with Crippen molar-refractivity contribution < 1.29 is 22.7 Å². The Morgan fingerprint density at radius 3 is 2.48 bits per heavy atom. The van der Waals surface area contributed by atoms with Crippen LogP contribution in [0.15, 0.2) is 43.0 Å². The van der Waals surface area contributed by atoms with Crippen LogP contribution in [-0.4, -0.2) is 45.3 Å². The largest absolute Gasteiger partial charge is 0.487 e. The zero-order chi connectivity index (χ0) is 20.4. The molecule has 0 unspecified atom stereocenters. The smallest absolute Gasteiger partial charge is 0.278 e. The molecule has 0 spiro atoms. The Morgan fingerprint density at radius 1 is 1.07 bits per heavy atom. The minimum atomic E-state index is -1.55. The third-order valence-electron chi connectivity index (χ3n) is 4.14. The second kappa shape index (κ2) is 7.70. The first kappa shape index (κ1) is 18.6. The molecular formula is C18H13F3N6O2. The fourth-order valence-corrected chi connectivity index (χ4v) is 2.76. The summed E-state index contributed by atoms with van der Waals surface area (Å²) in [7, 11) is 0. The van der Waals surface area contributed by atoms with Crippen LogP contribution in [0.1, 0.15) is 10.5 Å². The predicted octanol–water partition coefficient (Wildman–Crippen LogP) is 2.20. The number of anilines is 2. The van der Waals surface area contributed by atoms with Gasteiger partial charge in [0.25, 0.3) is 5.91 Å². The van der Waals surface area contributed by atoms with E-state index in [-0.39, 0.29) is 11.4 Å². The predicted molar refractivity (Wildman–Crippen MR) is 95.0 cm³/mol. The molecule has 0 atom stereocenters. The zero-order valence-electron chi connectivity index (χ0n) is 14.7. The molecule has 148 valence electrons. The molecule has 8 nitrogen and oxygen atoms in total. The highest BCUT2D eigenvalue weighted by Crippen LogP contribution is 2.26. The lowest BCUT2D eigenvalue weighted by molar-refractivity contribution is 0.102. The monoisotopic (exact) mass is 402 g/mol. The molecule has 1 aromatic carbocycles. The quantitative estimate of drug-likeness (QED) is 0.654. The number of halogens is 3. The lowest BCUT2D eigenvalue weighted by atomic mass is 10.1. The number of benzene rings is 1. The van der Waals surface area contributed by atoms with Crippen molar-refractivity contribution in [3.63, 3.8) is 0 Å². The fraction of sp³-hybridized carbons (Fsp3) is 0.167. The van der Waals surface area contributed by atoms with E-state index in [2.05, 4.69) is 25.5 Å². The van der Waals surface area contributed by atoms with E-state index in [4.69, 9.17) is 4.74 Å². The van der Waals surface area contributed by atoms with E-state index in [0.29, 0.717) is 24.6 Å². The molecule has 1 amide bonds. The van der Waals surface area contributed by atoms with E-state index in [0.717, 1.165) is 12.1 Å². The molecule has 29 heavy (non-hydrogen) atoms. The van der Waals surface area contributed by atoms with Crippen LogP contribution in [0, 0.1) is 17.5 Å². The molecule has 1 aliphatic rings. The van der Waals surface area contributed by atoms with Gasteiger partial charge >= 0.3 is 0 Å². The van der Waals surface area contributed by atoms with Gasteiger partial charge in [-0.25, -0.2) is 23.1 Å². The van der Waals surface area contributed by atoms with Crippen LogP contribution < -0.4 is 15.0 Å². The maximum Gasteiger partial charge on any atom is 0.278 e. The van der Waals surface area contributed by atoms with Gasteiger partial charge in [-0.2, -0.15) is 10.2 Å². The molecule has 0 saturated carbocycles. The number of ether oxygens (including phenoxy) is 1. The van der Waals surface area contributed by atoms with Gasteiger partial charge in [0.05, 0.1) is 31.2 Å². The highest BCUT2D eigenvalue weighted by Gasteiger charge is 2.33. The molecule has 4 rings (SSSR count). The van der Waals surface area contributed by atoms with E-state index in [9.17, 15) is 18.0 Å². The molecule has 0 aliphatic carbocycles. The van der Waals surface area contributed by atoms with Crippen molar-refractivity contribution in [2.24, 2.45) is 0 Å². The number of hydrogen-bond acceptors (Lipinski definition) is 7. The van der Waals surface area contributed by atoms with Crippen LogP contribution >= 0.6 is 0 Å². The van der Waals surface area contributed by atoms with Crippen LogP contribution in [0.2, 0.25) is 0 Å². The summed E-state index contributed by atoms with van der Waals surface area (Å²) in [4.78, 5) is 22.5. The van der Waals surface area contributed by atoms with Crippen LogP contribution in [0.4, 0.5) is 24.7 Å². The maximum atomic E-state index is 13.3. The number of hydrogen-bond donors (Lipinski definition) is 1. The molecule has 1 fully saturated rings. The summed E-state index contributed by atoms with van der Waals surface area (Å²) in [5.41, 5.74) is 0.549. The Bertz CT molecular complexity index is 1020. The molecule has 1 saturated heterocycles. The number of carbonyl (C=O) groups is 1. The third kappa shape index (κ3) is 3.93. The average Bonchev–Trinajstić information content (AvgIpc) is 2.69. The molecular weight excluding hydrogens is 389 g/mol. The van der Waals surface area contributed by atoms with Crippen molar-refractivity contribution in [1.29, 1.82) is 0 Å². The van der Waals surface area contributed by atoms with Crippen molar-refractivity contribution in [3.8, 4) is 5.75 Å². The van der Waals surface area contributed by atoms with E-state index >= 15 is 0 Å². The minimum absolute atomic E-state index is 0.0987. The second-order valence-corrected chi connectivity index (χ2v) is 6.16. The Balaban J connectivity index is 1.43.